The number of hydrogen-bond donors (Lipinski definition) is 1. The van der Waals surface area contributed by atoms with Crippen LogP contribution < -0.4 is 5.84 Å². The van der Waals surface area contributed by atoms with Crippen molar-refractivity contribution in [3.63, 3.8) is 0 Å². The number of nitrogens with zero attached hydrogens (tertiary/aromatic N) is 3. The first kappa shape index (κ1) is 15.6. The van der Waals surface area contributed by atoms with Crippen LogP contribution in [0.25, 0.3) is 0 Å². The Morgan fingerprint density at radius 1 is 1.00 bits per heavy atom. The van der Waals surface area contributed by atoms with Crippen LogP contribution in [0.15, 0.2) is 53.7 Å². The molecular formula is C18H20N4S. The molecule has 2 aromatic carbocycles. The number of aryl methyl sites for hydroxylation is 2. The maximum atomic E-state index is 6.16. The van der Waals surface area contributed by atoms with E-state index >= 15 is 0 Å². The molecule has 23 heavy (non-hydrogen) atoms. The molecule has 1 aromatic heterocycles. The fourth-order valence-corrected chi connectivity index (χ4v) is 3.17. The summed E-state index contributed by atoms with van der Waals surface area (Å²) in [6, 6.07) is 16.8. The predicted molar refractivity (Wildman–Crippen MR) is 94.9 cm³/mol. The molecule has 0 aliphatic heterocycles. The first-order chi connectivity index (χ1) is 11.1. The lowest BCUT2D eigenvalue weighted by molar-refractivity contribution is 0.804. The van der Waals surface area contributed by atoms with Crippen molar-refractivity contribution >= 4 is 11.8 Å². The Kier molecular flexibility index (Phi) is 4.67. The Morgan fingerprint density at radius 3 is 2.48 bits per heavy atom. The van der Waals surface area contributed by atoms with Crippen LogP contribution in [-0.2, 0) is 12.2 Å². The highest BCUT2D eigenvalue weighted by molar-refractivity contribution is 7.98. The first-order valence-corrected chi connectivity index (χ1v) is 8.54. The summed E-state index contributed by atoms with van der Waals surface area (Å²) < 4.78 is 1.60. The molecule has 3 rings (SSSR count). The third kappa shape index (κ3) is 3.74. The van der Waals surface area contributed by atoms with Crippen LogP contribution in [0.3, 0.4) is 0 Å². The number of nitrogens with two attached hydrogens (primary N) is 1. The van der Waals surface area contributed by atoms with Gasteiger partial charge in [-0.2, -0.15) is 0 Å². The molecule has 5 heteroatoms. The first-order valence-electron chi connectivity index (χ1n) is 7.55. The molecule has 118 valence electrons. The van der Waals surface area contributed by atoms with Crippen molar-refractivity contribution in [2.24, 2.45) is 0 Å². The van der Waals surface area contributed by atoms with Crippen LogP contribution in [0, 0.1) is 13.8 Å². The van der Waals surface area contributed by atoms with E-state index in [2.05, 4.69) is 60.4 Å². The van der Waals surface area contributed by atoms with Crippen molar-refractivity contribution in [1.29, 1.82) is 0 Å². The molecule has 0 atom stereocenters. The zero-order valence-electron chi connectivity index (χ0n) is 13.4. The van der Waals surface area contributed by atoms with Gasteiger partial charge in [0.25, 0.3) is 0 Å². The second-order valence-corrected chi connectivity index (χ2v) is 6.59. The molecule has 0 bridgehead atoms. The standard InChI is InChI=1S/C18H20N4S/c1-13-7-9-15(10-8-13)12-23-18-21-20-17(22(18)19)11-16-6-4-3-5-14(16)2/h3-10H,11-12,19H2,1-2H3. The van der Waals surface area contributed by atoms with Gasteiger partial charge in [-0.1, -0.05) is 65.9 Å². The molecule has 0 radical (unpaired) electrons. The Bertz CT molecular complexity index is 793. The summed E-state index contributed by atoms with van der Waals surface area (Å²) in [5, 5.41) is 9.22. The van der Waals surface area contributed by atoms with E-state index in [0.29, 0.717) is 6.42 Å². The SMILES string of the molecule is Cc1ccc(CSc2nnc(Cc3ccccc3C)n2N)cc1. The number of rotatable bonds is 5. The minimum Gasteiger partial charge on any atom is -0.336 e. The summed E-state index contributed by atoms with van der Waals surface area (Å²) >= 11 is 1.61. The van der Waals surface area contributed by atoms with Crippen LogP contribution in [0.5, 0.6) is 0 Å². The Balaban J connectivity index is 1.69. The number of hydrogen-bond acceptors (Lipinski definition) is 4. The summed E-state index contributed by atoms with van der Waals surface area (Å²) in [5.41, 5.74) is 4.98. The van der Waals surface area contributed by atoms with Crippen LogP contribution in [0.4, 0.5) is 0 Å². The fraction of sp³-hybridized carbons (Fsp3) is 0.222. The molecule has 0 aliphatic carbocycles. The van der Waals surface area contributed by atoms with Crippen LogP contribution in [0.1, 0.15) is 28.1 Å². The van der Waals surface area contributed by atoms with Crippen molar-refractivity contribution in [3.8, 4) is 0 Å². The number of benzene rings is 2. The summed E-state index contributed by atoms with van der Waals surface area (Å²) in [6.45, 7) is 4.19. The monoisotopic (exact) mass is 324 g/mol. The van der Waals surface area contributed by atoms with Gasteiger partial charge in [0, 0.05) is 12.2 Å². The lowest BCUT2D eigenvalue weighted by atomic mass is 10.1. The molecule has 2 N–H and O–H groups in total. The average Bonchev–Trinajstić information content (AvgIpc) is 2.90. The van der Waals surface area contributed by atoms with Gasteiger partial charge in [0.2, 0.25) is 5.16 Å². The highest BCUT2D eigenvalue weighted by Crippen LogP contribution is 2.21. The smallest absolute Gasteiger partial charge is 0.210 e. The maximum Gasteiger partial charge on any atom is 0.210 e. The molecule has 1 heterocycles. The number of aromatic nitrogens is 3. The number of nitrogen functional groups attached to an aromatic ring is 1. The minimum absolute atomic E-state index is 0.696. The molecule has 0 fully saturated rings. The van der Waals surface area contributed by atoms with Crippen LogP contribution in [0.2, 0.25) is 0 Å². The Hall–Kier alpha value is -2.27. The van der Waals surface area contributed by atoms with E-state index in [1.54, 1.807) is 16.4 Å². The molecular weight excluding hydrogens is 304 g/mol. The second-order valence-electron chi connectivity index (χ2n) is 5.65. The highest BCUT2D eigenvalue weighted by Gasteiger charge is 2.11. The van der Waals surface area contributed by atoms with Gasteiger partial charge in [0.05, 0.1) is 0 Å². The lowest BCUT2D eigenvalue weighted by Crippen LogP contribution is -2.14. The lowest BCUT2D eigenvalue weighted by Gasteiger charge is -2.06. The molecule has 0 aliphatic rings. The zero-order chi connectivity index (χ0) is 16.2. The summed E-state index contributed by atoms with van der Waals surface area (Å²) in [6.07, 6.45) is 0.696. The van der Waals surface area contributed by atoms with E-state index in [1.807, 2.05) is 12.1 Å². The van der Waals surface area contributed by atoms with Gasteiger partial charge < -0.3 is 5.84 Å². The van der Waals surface area contributed by atoms with Gasteiger partial charge in [0.1, 0.15) is 0 Å². The molecule has 3 aromatic rings. The molecule has 0 amide bonds. The topological polar surface area (TPSA) is 56.7 Å². The summed E-state index contributed by atoms with van der Waals surface area (Å²) in [5.74, 6) is 7.78. The summed E-state index contributed by atoms with van der Waals surface area (Å²) in [7, 11) is 0. The Morgan fingerprint density at radius 2 is 1.74 bits per heavy atom. The van der Waals surface area contributed by atoms with E-state index in [9.17, 15) is 0 Å². The van der Waals surface area contributed by atoms with Crippen LogP contribution in [-0.4, -0.2) is 14.9 Å². The van der Waals surface area contributed by atoms with Gasteiger partial charge in [-0.15, -0.1) is 10.2 Å². The van der Waals surface area contributed by atoms with Gasteiger partial charge >= 0.3 is 0 Å². The minimum atomic E-state index is 0.696. The van der Waals surface area contributed by atoms with Crippen LogP contribution >= 0.6 is 11.8 Å². The van der Waals surface area contributed by atoms with Crippen molar-refractivity contribution in [2.45, 2.75) is 31.2 Å². The molecule has 4 nitrogen and oxygen atoms in total. The highest BCUT2D eigenvalue weighted by atomic mass is 32.2. The van der Waals surface area contributed by atoms with Gasteiger partial charge in [0.15, 0.2) is 5.82 Å². The van der Waals surface area contributed by atoms with E-state index < -0.39 is 0 Å². The normalized spacial score (nSPS) is 10.9. The third-order valence-corrected chi connectivity index (χ3v) is 4.85. The third-order valence-electron chi connectivity index (χ3n) is 3.83. The fourth-order valence-electron chi connectivity index (χ4n) is 2.34. The van der Waals surface area contributed by atoms with Crippen molar-refractivity contribution in [2.75, 3.05) is 5.84 Å². The molecule has 0 unspecified atom stereocenters. The van der Waals surface area contributed by atoms with Gasteiger partial charge in [-0.05, 0) is 30.5 Å². The van der Waals surface area contributed by atoms with Crippen molar-refractivity contribution < 1.29 is 0 Å². The van der Waals surface area contributed by atoms with Crippen molar-refractivity contribution in [1.82, 2.24) is 14.9 Å². The maximum absolute atomic E-state index is 6.16. The Labute approximate surface area is 140 Å². The zero-order valence-corrected chi connectivity index (χ0v) is 14.2. The van der Waals surface area contributed by atoms with E-state index in [4.69, 9.17) is 5.84 Å². The largest absolute Gasteiger partial charge is 0.336 e. The second kappa shape index (κ2) is 6.87. The quantitative estimate of drug-likeness (QED) is 0.576. The summed E-state index contributed by atoms with van der Waals surface area (Å²) in [4.78, 5) is 0. The molecule has 0 saturated heterocycles. The molecule has 0 spiro atoms. The predicted octanol–water partition coefficient (Wildman–Crippen LogP) is 3.49. The van der Waals surface area contributed by atoms with E-state index in [0.717, 1.165) is 16.7 Å². The number of thioether (sulfide) groups is 1. The average molecular weight is 324 g/mol. The van der Waals surface area contributed by atoms with E-state index in [-0.39, 0.29) is 0 Å². The van der Waals surface area contributed by atoms with Gasteiger partial charge in [-0.25, -0.2) is 4.68 Å². The molecule has 0 saturated carbocycles. The van der Waals surface area contributed by atoms with Gasteiger partial charge in [-0.3, -0.25) is 0 Å². The van der Waals surface area contributed by atoms with E-state index in [1.165, 1.54) is 22.3 Å². The van der Waals surface area contributed by atoms with Crippen molar-refractivity contribution in [3.05, 3.63) is 76.6 Å².